The van der Waals surface area contributed by atoms with Crippen LogP contribution in [0.1, 0.15) is 115 Å². The molecule has 2 amide bonds. The first-order valence-corrected chi connectivity index (χ1v) is 19.0. The Morgan fingerprint density at radius 1 is 0.854 bits per heavy atom. The molecule has 1 heterocycles. The lowest BCUT2D eigenvalue weighted by molar-refractivity contribution is -0.218. The number of likely N-dealkylation sites (N-methyl/N-ethyl adjacent to an activating group) is 1. The van der Waals surface area contributed by atoms with Gasteiger partial charge in [0.05, 0.1) is 5.56 Å². The van der Waals surface area contributed by atoms with Crippen LogP contribution in [0.25, 0.3) is 5.57 Å². The quantitative estimate of drug-likeness (QED) is 0.318. The average molecular weight is 656 g/mol. The summed E-state index contributed by atoms with van der Waals surface area (Å²) in [7, 11) is 2.15. The van der Waals surface area contributed by atoms with Crippen molar-refractivity contribution in [1.82, 2.24) is 15.1 Å². The number of benzene rings is 1. The van der Waals surface area contributed by atoms with Crippen LogP contribution in [0, 0.1) is 51.2 Å². The molecule has 6 aliphatic rings. The fourth-order valence-corrected chi connectivity index (χ4v) is 13.6. The Balaban J connectivity index is 1.19. The molecule has 0 bridgehead atoms. The lowest BCUT2D eigenvalue weighted by atomic mass is 9.33. The van der Waals surface area contributed by atoms with Crippen molar-refractivity contribution in [3.8, 4) is 0 Å². The minimum Gasteiger partial charge on any atom is -0.478 e. The summed E-state index contributed by atoms with van der Waals surface area (Å²) >= 11 is 0. The number of amides is 2. The highest BCUT2D eigenvalue weighted by molar-refractivity contribution is 5.88. The van der Waals surface area contributed by atoms with Crippen molar-refractivity contribution in [2.45, 2.75) is 105 Å². The maximum atomic E-state index is 13.9. The third-order valence-electron chi connectivity index (χ3n) is 16.2. The Kier molecular flexibility index (Phi) is 8.09. The van der Waals surface area contributed by atoms with Crippen molar-refractivity contribution < 1.29 is 14.7 Å². The summed E-state index contributed by atoms with van der Waals surface area (Å²) in [4.78, 5) is 29.8. The zero-order valence-corrected chi connectivity index (χ0v) is 30.8. The monoisotopic (exact) mass is 655 g/mol. The first kappa shape index (κ1) is 33.9. The summed E-state index contributed by atoms with van der Waals surface area (Å²) in [5.74, 6) is 1.86. The van der Waals surface area contributed by atoms with Crippen LogP contribution < -0.4 is 5.32 Å². The van der Waals surface area contributed by atoms with Crippen LogP contribution >= 0.6 is 0 Å². The zero-order chi connectivity index (χ0) is 34.4. The molecule has 7 rings (SSSR count). The van der Waals surface area contributed by atoms with Crippen LogP contribution in [-0.2, 0) is 0 Å². The number of nitrogens with one attached hydrogen (secondary N) is 1. The first-order chi connectivity index (χ1) is 22.6. The number of carboxylic acids is 1. The molecule has 0 aromatic heterocycles. The van der Waals surface area contributed by atoms with Crippen LogP contribution in [0.3, 0.4) is 0 Å². The third-order valence-corrected chi connectivity index (χ3v) is 16.2. The van der Waals surface area contributed by atoms with Gasteiger partial charge in [-0.2, -0.15) is 0 Å². The van der Waals surface area contributed by atoms with Gasteiger partial charge >= 0.3 is 12.0 Å². The molecule has 6 heteroatoms. The van der Waals surface area contributed by atoms with E-state index in [0.717, 1.165) is 51.9 Å². The van der Waals surface area contributed by atoms with Crippen molar-refractivity contribution >= 4 is 17.6 Å². The Labute approximate surface area is 289 Å². The number of carbonyl (C=O) groups is 2. The van der Waals surface area contributed by atoms with Crippen LogP contribution in [-0.4, -0.2) is 65.7 Å². The normalized spacial score (nSPS) is 42.0. The molecule has 1 aliphatic heterocycles. The molecule has 5 aliphatic carbocycles. The topological polar surface area (TPSA) is 72.9 Å². The summed E-state index contributed by atoms with van der Waals surface area (Å²) in [5, 5.41) is 13.3. The number of nitrogens with zero attached hydrogens (tertiary/aromatic N) is 2. The fourth-order valence-electron chi connectivity index (χ4n) is 13.6. The minimum absolute atomic E-state index is 0.00256. The predicted molar refractivity (Wildman–Crippen MR) is 194 cm³/mol. The minimum atomic E-state index is -0.869. The van der Waals surface area contributed by atoms with Crippen molar-refractivity contribution in [3.63, 3.8) is 0 Å². The molecule has 5 fully saturated rings. The van der Waals surface area contributed by atoms with E-state index >= 15 is 0 Å². The Morgan fingerprint density at radius 3 is 2.19 bits per heavy atom. The lowest BCUT2D eigenvalue weighted by Gasteiger charge is -2.72. The van der Waals surface area contributed by atoms with Gasteiger partial charge in [0.15, 0.2) is 0 Å². The van der Waals surface area contributed by atoms with Gasteiger partial charge in [-0.15, -0.1) is 0 Å². The zero-order valence-electron chi connectivity index (χ0n) is 30.8. The third kappa shape index (κ3) is 4.81. The molecular formula is C42H61N3O3. The van der Waals surface area contributed by atoms with Crippen molar-refractivity contribution in [3.05, 3.63) is 53.6 Å². The highest BCUT2D eigenvalue weighted by Gasteiger charge is 2.70. The van der Waals surface area contributed by atoms with E-state index in [1.807, 2.05) is 12.1 Å². The molecule has 1 aromatic rings. The van der Waals surface area contributed by atoms with Crippen molar-refractivity contribution in [1.29, 1.82) is 0 Å². The summed E-state index contributed by atoms with van der Waals surface area (Å²) in [6.45, 7) is 23.2. The summed E-state index contributed by atoms with van der Waals surface area (Å²) in [6, 6.07) is 7.74. The maximum absolute atomic E-state index is 13.9. The van der Waals surface area contributed by atoms with Crippen LogP contribution in [0.5, 0.6) is 0 Å². The van der Waals surface area contributed by atoms with Gasteiger partial charge in [0, 0.05) is 31.7 Å². The van der Waals surface area contributed by atoms with E-state index < -0.39 is 5.97 Å². The molecular weight excluding hydrogens is 594 g/mol. The Morgan fingerprint density at radius 2 is 1.54 bits per heavy atom. The number of carbonyl (C=O) groups excluding carboxylic acids is 1. The number of urea groups is 1. The number of rotatable bonds is 4. The van der Waals surface area contributed by atoms with Gasteiger partial charge in [-0.1, -0.05) is 65.0 Å². The van der Waals surface area contributed by atoms with Crippen LogP contribution in [0.2, 0.25) is 0 Å². The molecule has 1 saturated heterocycles. The predicted octanol–water partition coefficient (Wildman–Crippen LogP) is 8.75. The van der Waals surface area contributed by atoms with E-state index in [0.29, 0.717) is 35.2 Å². The number of hydrogen-bond acceptors (Lipinski definition) is 3. The van der Waals surface area contributed by atoms with E-state index in [-0.39, 0.29) is 33.2 Å². The first-order valence-electron chi connectivity index (χ1n) is 19.0. The molecule has 1 unspecified atom stereocenters. The second-order valence-electron chi connectivity index (χ2n) is 18.5. The second kappa shape index (κ2) is 11.5. The highest BCUT2D eigenvalue weighted by atomic mass is 16.4. The summed E-state index contributed by atoms with van der Waals surface area (Å²) in [6.07, 6.45) is 13.1. The maximum Gasteiger partial charge on any atom is 0.335 e. The van der Waals surface area contributed by atoms with Crippen LogP contribution in [0.15, 0.2) is 42.5 Å². The molecule has 48 heavy (non-hydrogen) atoms. The Hall–Kier alpha value is -2.60. The number of carboxylic acid groups (broad SMARTS) is 1. The standard InChI is InChI=1S/C42H61N3O3/c1-27(2)30-15-20-42(43-37(48)45-25-23-44(8)24-26-45)22-21-40(6)32(35(30)42)13-14-34-39(5)18-16-31(28-9-11-29(12-10-28)36(46)47)38(3,4)33(39)17-19-41(34,40)7/h9-12,16,30,32-35H,1,13-15,17-26H2,2-8H3,(H,43,48)(H,46,47)/t30-,32+,33-,34+,35+,39-,40+,41+,42?/m0/s1. The SMILES string of the molecule is C=C(C)[C@@H]1CCC2(NC(=O)N3CCN(C)CC3)CC[C@]3(C)[C@H](CC[C@@H]4[C@@]5(C)CC=C(c6ccc(C(=O)O)cc6)C(C)(C)[C@@H]5CC[C@]43C)[C@@H]12. The molecule has 1 aromatic carbocycles. The summed E-state index contributed by atoms with van der Waals surface area (Å²) < 4.78 is 0. The van der Waals surface area contributed by atoms with Gasteiger partial charge in [-0.3, -0.25) is 0 Å². The number of aromatic carboxylic acids is 1. The van der Waals surface area contributed by atoms with Crippen LogP contribution in [0.4, 0.5) is 4.79 Å². The molecule has 9 atom stereocenters. The molecule has 2 N–H and O–H groups in total. The van der Waals surface area contributed by atoms with E-state index in [2.05, 4.69) is 76.4 Å². The highest BCUT2D eigenvalue weighted by Crippen LogP contribution is 2.76. The van der Waals surface area contributed by atoms with Gasteiger partial charge in [-0.05, 0) is 146 Å². The van der Waals surface area contributed by atoms with Gasteiger partial charge in [0.2, 0.25) is 0 Å². The average Bonchev–Trinajstić information content (AvgIpc) is 3.41. The second-order valence-corrected chi connectivity index (χ2v) is 18.5. The largest absolute Gasteiger partial charge is 0.478 e. The van der Waals surface area contributed by atoms with Gasteiger partial charge in [0.25, 0.3) is 0 Å². The molecule has 6 nitrogen and oxygen atoms in total. The summed E-state index contributed by atoms with van der Waals surface area (Å²) in [5.41, 5.74) is 4.76. The number of piperazine rings is 1. The lowest BCUT2D eigenvalue weighted by Crippen LogP contribution is -2.69. The fraction of sp³-hybridized carbons (Fsp3) is 0.714. The van der Waals surface area contributed by atoms with E-state index in [1.165, 1.54) is 48.8 Å². The van der Waals surface area contributed by atoms with E-state index in [1.54, 1.807) is 12.1 Å². The molecule has 262 valence electrons. The number of allylic oxidation sites excluding steroid dienone is 3. The smallest absolute Gasteiger partial charge is 0.335 e. The number of hydrogen-bond donors (Lipinski definition) is 2. The van der Waals surface area contributed by atoms with Gasteiger partial charge in [0.1, 0.15) is 0 Å². The van der Waals surface area contributed by atoms with E-state index in [4.69, 9.17) is 0 Å². The Bertz CT molecular complexity index is 1510. The van der Waals surface area contributed by atoms with Crippen molar-refractivity contribution in [2.75, 3.05) is 33.2 Å². The van der Waals surface area contributed by atoms with Gasteiger partial charge in [-0.25, -0.2) is 9.59 Å². The van der Waals surface area contributed by atoms with Gasteiger partial charge < -0.3 is 20.2 Å². The molecule has 4 saturated carbocycles. The number of fused-ring (bicyclic) bond motifs is 7. The molecule has 0 spiro atoms. The molecule has 0 radical (unpaired) electrons. The van der Waals surface area contributed by atoms with E-state index in [9.17, 15) is 14.7 Å². The van der Waals surface area contributed by atoms with Crippen molar-refractivity contribution in [2.24, 2.45) is 51.2 Å².